The molecule has 1 aliphatic heterocycles. The third-order valence-electron chi connectivity index (χ3n) is 1.99. The molecule has 4 heteroatoms. The van der Waals surface area contributed by atoms with Crippen LogP contribution in [0, 0.1) is 0 Å². The number of urea groups is 1. The molecule has 4 nitrogen and oxygen atoms in total. The summed E-state index contributed by atoms with van der Waals surface area (Å²) < 4.78 is 0. The molecule has 0 aliphatic carbocycles. The van der Waals surface area contributed by atoms with Gasteiger partial charge in [0, 0.05) is 25.7 Å². The first-order valence-electron chi connectivity index (χ1n) is 4.00. The molecular weight excluding hydrogens is 142 g/mol. The highest BCUT2D eigenvalue weighted by Crippen LogP contribution is 2.03. The van der Waals surface area contributed by atoms with E-state index in [2.05, 4.69) is 5.32 Å². The van der Waals surface area contributed by atoms with E-state index in [-0.39, 0.29) is 12.1 Å². The Bertz CT molecular complexity index is 149. The predicted octanol–water partition coefficient (Wildman–Crippen LogP) is -0.251. The van der Waals surface area contributed by atoms with Gasteiger partial charge in [-0.05, 0) is 13.3 Å². The van der Waals surface area contributed by atoms with E-state index in [1.165, 1.54) is 0 Å². The number of rotatable bonds is 2. The average molecular weight is 157 g/mol. The van der Waals surface area contributed by atoms with Crippen LogP contribution >= 0.6 is 0 Å². The molecule has 3 N–H and O–H groups in total. The molecule has 0 aromatic heterocycles. The Balaban J connectivity index is 2.47. The monoisotopic (exact) mass is 157 g/mol. The maximum absolute atomic E-state index is 11.2. The number of hydrogen-bond acceptors (Lipinski definition) is 2. The maximum atomic E-state index is 11.2. The lowest BCUT2D eigenvalue weighted by molar-refractivity contribution is 0.167. The second kappa shape index (κ2) is 3.57. The van der Waals surface area contributed by atoms with Crippen molar-refractivity contribution < 1.29 is 4.79 Å². The molecule has 0 aromatic carbocycles. The number of amides is 2. The van der Waals surface area contributed by atoms with E-state index in [1.807, 2.05) is 6.92 Å². The second-order valence-electron chi connectivity index (χ2n) is 2.86. The first kappa shape index (κ1) is 8.33. The zero-order chi connectivity index (χ0) is 8.27. The maximum Gasteiger partial charge on any atom is 0.317 e. The summed E-state index contributed by atoms with van der Waals surface area (Å²) in [5.41, 5.74) is 5.44. The van der Waals surface area contributed by atoms with Crippen molar-refractivity contribution >= 4 is 6.03 Å². The van der Waals surface area contributed by atoms with Gasteiger partial charge in [0.05, 0.1) is 0 Å². The summed E-state index contributed by atoms with van der Waals surface area (Å²) in [6.07, 6.45) is 1.02. The summed E-state index contributed by atoms with van der Waals surface area (Å²) in [7, 11) is 0. The summed E-state index contributed by atoms with van der Waals surface area (Å²) in [4.78, 5) is 12.9. The van der Waals surface area contributed by atoms with Gasteiger partial charge in [-0.25, -0.2) is 4.79 Å². The Labute approximate surface area is 66.7 Å². The van der Waals surface area contributed by atoms with Crippen LogP contribution in [0.2, 0.25) is 0 Å². The van der Waals surface area contributed by atoms with E-state index >= 15 is 0 Å². The molecular formula is C7H15N3O. The van der Waals surface area contributed by atoms with Crippen molar-refractivity contribution in [3.63, 3.8) is 0 Å². The van der Waals surface area contributed by atoms with Crippen LogP contribution in [0.25, 0.3) is 0 Å². The Morgan fingerprint density at radius 3 is 3.09 bits per heavy atom. The van der Waals surface area contributed by atoms with Gasteiger partial charge >= 0.3 is 6.03 Å². The lowest BCUT2D eigenvalue weighted by Gasteiger charge is -2.32. The van der Waals surface area contributed by atoms with E-state index in [9.17, 15) is 4.79 Å². The molecule has 1 rings (SSSR count). The normalized spacial score (nSPS) is 21.3. The molecule has 0 radical (unpaired) electrons. The van der Waals surface area contributed by atoms with Crippen molar-refractivity contribution in [1.82, 2.24) is 10.2 Å². The highest BCUT2D eigenvalue weighted by atomic mass is 16.2. The Morgan fingerprint density at radius 1 is 1.82 bits per heavy atom. The molecule has 11 heavy (non-hydrogen) atoms. The molecule has 1 atom stereocenters. The molecule has 0 spiro atoms. The van der Waals surface area contributed by atoms with Crippen LogP contribution in [0.15, 0.2) is 0 Å². The largest absolute Gasteiger partial charge is 0.338 e. The standard InChI is InChI=1S/C7H15N3O/c1-6(5-8)10-4-2-3-9-7(10)11/h6H,2-5,8H2,1H3,(H,9,11). The van der Waals surface area contributed by atoms with Crippen LogP contribution < -0.4 is 11.1 Å². The fourth-order valence-corrected chi connectivity index (χ4v) is 1.20. The average Bonchev–Trinajstić information content (AvgIpc) is 2.04. The highest BCUT2D eigenvalue weighted by Gasteiger charge is 2.21. The SMILES string of the molecule is CC(CN)N1CCCNC1=O. The number of hydrogen-bond donors (Lipinski definition) is 2. The molecule has 1 aliphatic rings. The molecule has 1 heterocycles. The first-order chi connectivity index (χ1) is 5.25. The Morgan fingerprint density at radius 2 is 2.55 bits per heavy atom. The molecule has 1 fully saturated rings. The molecule has 2 amide bonds. The van der Waals surface area contributed by atoms with Crippen LogP contribution in [0.4, 0.5) is 4.79 Å². The van der Waals surface area contributed by atoms with Crippen LogP contribution in [0.5, 0.6) is 0 Å². The highest BCUT2D eigenvalue weighted by molar-refractivity contribution is 5.75. The quantitative estimate of drug-likeness (QED) is 0.580. The van der Waals surface area contributed by atoms with Gasteiger partial charge < -0.3 is 16.0 Å². The fourth-order valence-electron chi connectivity index (χ4n) is 1.20. The minimum absolute atomic E-state index is 0.0224. The van der Waals surface area contributed by atoms with Crippen molar-refractivity contribution in [3.8, 4) is 0 Å². The molecule has 1 unspecified atom stereocenters. The van der Waals surface area contributed by atoms with Gasteiger partial charge in [-0.2, -0.15) is 0 Å². The van der Waals surface area contributed by atoms with Gasteiger partial charge in [0.2, 0.25) is 0 Å². The Kier molecular flexibility index (Phi) is 2.70. The van der Waals surface area contributed by atoms with Crippen molar-refractivity contribution in [2.75, 3.05) is 19.6 Å². The lowest BCUT2D eigenvalue weighted by atomic mass is 10.2. The zero-order valence-electron chi connectivity index (χ0n) is 6.84. The summed E-state index contributed by atoms with van der Waals surface area (Å²) in [5.74, 6) is 0. The molecule has 0 bridgehead atoms. The van der Waals surface area contributed by atoms with Gasteiger partial charge in [-0.1, -0.05) is 0 Å². The van der Waals surface area contributed by atoms with Crippen LogP contribution in [0.1, 0.15) is 13.3 Å². The van der Waals surface area contributed by atoms with E-state index in [1.54, 1.807) is 4.90 Å². The van der Waals surface area contributed by atoms with E-state index in [0.29, 0.717) is 6.54 Å². The number of carbonyl (C=O) groups excluding carboxylic acids is 1. The molecule has 0 aromatic rings. The third-order valence-corrected chi connectivity index (χ3v) is 1.99. The summed E-state index contributed by atoms with van der Waals surface area (Å²) in [6, 6.07) is 0.185. The molecule has 0 saturated carbocycles. The van der Waals surface area contributed by atoms with E-state index < -0.39 is 0 Å². The van der Waals surface area contributed by atoms with Crippen LogP contribution in [-0.4, -0.2) is 36.6 Å². The Hall–Kier alpha value is -0.770. The minimum Gasteiger partial charge on any atom is -0.338 e. The first-order valence-corrected chi connectivity index (χ1v) is 4.00. The predicted molar refractivity (Wildman–Crippen MR) is 43.2 cm³/mol. The number of nitrogens with two attached hydrogens (primary N) is 1. The van der Waals surface area contributed by atoms with Gasteiger partial charge in [0.1, 0.15) is 0 Å². The summed E-state index contributed by atoms with van der Waals surface area (Å²) >= 11 is 0. The minimum atomic E-state index is 0.0224. The number of nitrogens with one attached hydrogen (secondary N) is 1. The van der Waals surface area contributed by atoms with Crippen LogP contribution in [0.3, 0.4) is 0 Å². The van der Waals surface area contributed by atoms with E-state index in [4.69, 9.17) is 5.73 Å². The van der Waals surface area contributed by atoms with Gasteiger partial charge in [0.15, 0.2) is 0 Å². The van der Waals surface area contributed by atoms with Gasteiger partial charge in [0.25, 0.3) is 0 Å². The second-order valence-corrected chi connectivity index (χ2v) is 2.86. The van der Waals surface area contributed by atoms with Crippen molar-refractivity contribution in [2.45, 2.75) is 19.4 Å². The third kappa shape index (κ3) is 1.83. The molecule has 64 valence electrons. The number of nitrogens with zero attached hydrogens (tertiary/aromatic N) is 1. The van der Waals surface area contributed by atoms with E-state index in [0.717, 1.165) is 19.5 Å². The topological polar surface area (TPSA) is 58.4 Å². The van der Waals surface area contributed by atoms with Gasteiger partial charge in [-0.15, -0.1) is 0 Å². The van der Waals surface area contributed by atoms with Gasteiger partial charge in [-0.3, -0.25) is 0 Å². The van der Waals surface area contributed by atoms with Crippen molar-refractivity contribution in [2.24, 2.45) is 5.73 Å². The fraction of sp³-hybridized carbons (Fsp3) is 0.857. The number of carbonyl (C=O) groups is 1. The summed E-state index contributed by atoms with van der Waals surface area (Å²) in [5, 5.41) is 2.78. The van der Waals surface area contributed by atoms with Crippen molar-refractivity contribution in [3.05, 3.63) is 0 Å². The smallest absolute Gasteiger partial charge is 0.317 e. The van der Waals surface area contributed by atoms with Crippen molar-refractivity contribution in [1.29, 1.82) is 0 Å². The summed E-state index contributed by atoms with van der Waals surface area (Å²) in [6.45, 7) is 4.13. The molecule has 1 saturated heterocycles. The lowest BCUT2D eigenvalue weighted by Crippen LogP contribution is -2.52. The zero-order valence-corrected chi connectivity index (χ0v) is 6.84. The van der Waals surface area contributed by atoms with Crippen LogP contribution in [-0.2, 0) is 0 Å².